The van der Waals surface area contributed by atoms with Crippen LogP contribution in [0.15, 0.2) is 36.4 Å². The highest BCUT2D eigenvalue weighted by molar-refractivity contribution is 6.33. The molecule has 0 aliphatic heterocycles. The summed E-state index contributed by atoms with van der Waals surface area (Å²) in [5.41, 5.74) is 4.88. The Labute approximate surface area is 129 Å². The third-order valence-corrected chi connectivity index (χ3v) is 3.77. The van der Waals surface area contributed by atoms with Gasteiger partial charge in [-0.25, -0.2) is 4.79 Å². The summed E-state index contributed by atoms with van der Waals surface area (Å²) in [6.45, 7) is 4.82. The first kappa shape index (κ1) is 15.4. The number of methoxy groups -OCH3 is 1. The van der Waals surface area contributed by atoms with Crippen molar-refractivity contribution in [2.24, 2.45) is 0 Å². The summed E-state index contributed by atoms with van der Waals surface area (Å²) in [6.07, 6.45) is 0. The predicted molar refractivity (Wildman–Crippen MR) is 86.0 cm³/mol. The van der Waals surface area contributed by atoms with E-state index in [0.717, 1.165) is 11.3 Å². The molecule has 110 valence electrons. The second kappa shape index (κ2) is 6.64. The van der Waals surface area contributed by atoms with E-state index in [2.05, 4.69) is 37.4 Å². The standard InChI is InChI=1S/C17H18ClNO2/c1-11-4-5-13(8-12(11)2)10-19-16-9-14(17(20)21-3)6-7-15(16)18/h4-9,19H,10H2,1-3H3. The van der Waals surface area contributed by atoms with Gasteiger partial charge in [0.05, 0.1) is 23.4 Å². The molecule has 0 unspecified atom stereocenters. The van der Waals surface area contributed by atoms with Crippen LogP contribution in [0.5, 0.6) is 0 Å². The van der Waals surface area contributed by atoms with Crippen molar-refractivity contribution in [1.82, 2.24) is 0 Å². The summed E-state index contributed by atoms with van der Waals surface area (Å²) in [5.74, 6) is -0.374. The van der Waals surface area contributed by atoms with E-state index in [1.54, 1.807) is 18.2 Å². The normalized spacial score (nSPS) is 10.3. The zero-order chi connectivity index (χ0) is 15.4. The van der Waals surface area contributed by atoms with E-state index >= 15 is 0 Å². The molecule has 2 aromatic rings. The summed E-state index contributed by atoms with van der Waals surface area (Å²) >= 11 is 6.15. The van der Waals surface area contributed by atoms with Crippen LogP contribution in [0, 0.1) is 13.8 Å². The van der Waals surface area contributed by atoms with E-state index in [4.69, 9.17) is 16.3 Å². The van der Waals surface area contributed by atoms with Crippen LogP contribution in [-0.2, 0) is 11.3 Å². The second-order valence-corrected chi connectivity index (χ2v) is 5.37. The number of carbonyl (C=O) groups excluding carboxylic acids is 1. The summed E-state index contributed by atoms with van der Waals surface area (Å²) in [6, 6.07) is 11.4. The molecule has 0 saturated heterocycles. The van der Waals surface area contributed by atoms with Crippen molar-refractivity contribution in [2.45, 2.75) is 20.4 Å². The third kappa shape index (κ3) is 3.76. The van der Waals surface area contributed by atoms with Crippen molar-refractivity contribution in [3.63, 3.8) is 0 Å². The number of rotatable bonds is 4. The van der Waals surface area contributed by atoms with E-state index in [1.165, 1.54) is 18.2 Å². The Hall–Kier alpha value is -2.00. The van der Waals surface area contributed by atoms with Gasteiger partial charge in [-0.1, -0.05) is 29.8 Å². The summed E-state index contributed by atoms with van der Waals surface area (Å²) in [5, 5.41) is 3.83. The molecule has 21 heavy (non-hydrogen) atoms. The molecule has 4 heteroatoms. The van der Waals surface area contributed by atoms with Crippen LogP contribution in [0.1, 0.15) is 27.0 Å². The van der Waals surface area contributed by atoms with E-state index < -0.39 is 0 Å². The van der Waals surface area contributed by atoms with Crippen LogP contribution < -0.4 is 5.32 Å². The van der Waals surface area contributed by atoms with Gasteiger partial charge in [0.1, 0.15) is 0 Å². The van der Waals surface area contributed by atoms with Crippen molar-refractivity contribution in [1.29, 1.82) is 0 Å². The fourth-order valence-corrected chi connectivity index (χ4v) is 2.20. The Morgan fingerprint density at radius 3 is 2.57 bits per heavy atom. The molecule has 0 aromatic heterocycles. The summed E-state index contributed by atoms with van der Waals surface area (Å²) in [4.78, 5) is 11.5. The Bertz CT molecular complexity index is 668. The zero-order valence-corrected chi connectivity index (χ0v) is 13.1. The predicted octanol–water partition coefficient (Wildman–Crippen LogP) is 4.36. The maximum Gasteiger partial charge on any atom is 0.337 e. The third-order valence-electron chi connectivity index (χ3n) is 3.44. The van der Waals surface area contributed by atoms with Crippen molar-refractivity contribution in [3.05, 3.63) is 63.7 Å². The SMILES string of the molecule is COC(=O)c1ccc(Cl)c(NCc2ccc(C)c(C)c2)c1. The van der Waals surface area contributed by atoms with E-state index in [9.17, 15) is 4.79 Å². The van der Waals surface area contributed by atoms with Crippen molar-refractivity contribution in [3.8, 4) is 0 Å². The highest BCUT2D eigenvalue weighted by Crippen LogP contribution is 2.24. The molecular weight excluding hydrogens is 286 g/mol. The topological polar surface area (TPSA) is 38.3 Å². The minimum absolute atomic E-state index is 0.374. The number of benzene rings is 2. The second-order valence-electron chi connectivity index (χ2n) is 4.96. The molecule has 0 aliphatic carbocycles. The first-order valence-electron chi connectivity index (χ1n) is 6.69. The lowest BCUT2D eigenvalue weighted by molar-refractivity contribution is 0.0601. The molecule has 0 saturated carbocycles. The quantitative estimate of drug-likeness (QED) is 0.853. The molecular formula is C17H18ClNO2. The molecule has 2 rings (SSSR count). The van der Waals surface area contributed by atoms with Gasteiger partial charge in [0, 0.05) is 6.54 Å². The first-order valence-corrected chi connectivity index (χ1v) is 7.07. The van der Waals surface area contributed by atoms with Gasteiger partial charge in [-0.2, -0.15) is 0 Å². The average molecular weight is 304 g/mol. The Morgan fingerprint density at radius 2 is 1.90 bits per heavy atom. The highest BCUT2D eigenvalue weighted by atomic mass is 35.5. The molecule has 0 spiro atoms. The van der Waals surface area contributed by atoms with Gasteiger partial charge in [-0.3, -0.25) is 0 Å². The van der Waals surface area contributed by atoms with Crippen molar-refractivity contribution >= 4 is 23.3 Å². The number of aryl methyl sites for hydroxylation is 2. The fourth-order valence-electron chi connectivity index (χ4n) is 2.02. The fraction of sp³-hybridized carbons (Fsp3) is 0.235. The highest BCUT2D eigenvalue weighted by Gasteiger charge is 2.09. The largest absolute Gasteiger partial charge is 0.465 e. The first-order chi connectivity index (χ1) is 10.0. The number of anilines is 1. The van der Waals surface area contributed by atoms with Gasteiger partial charge in [-0.15, -0.1) is 0 Å². The number of halogens is 1. The summed E-state index contributed by atoms with van der Waals surface area (Å²) < 4.78 is 4.71. The molecule has 0 atom stereocenters. The van der Waals surface area contributed by atoms with Crippen molar-refractivity contribution < 1.29 is 9.53 Å². The van der Waals surface area contributed by atoms with Gasteiger partial charge in [0.15, 0.2) is 0 Å². The lowest BCUT2D eigenvalue weighted by atomic mass is 10.1. The van der Waals surface area contributed by atoms with Gasteiger partial charge in [0.25, 0.3) is 0 Å². The van der Waals surface area contributed by atoms with Crippen LogP contribution in [0.2, 0.25) is 5.02 Å². The smallest absolute Gasteiger partial charge is 0.337 e. The minimum atomic E-state index is -0.374. The van der Waals surface area contributed by atoms with E-state index in [0.29, 0.717) is 17.1 Å². The molecule has 2 aromatic carbocycles. The van der Waals surface area contributed by atoms with Gasteiger partial charge in [-0.05, 0) is 48.7 Å². The molecule has 3 nitrogen and oxygen atoms in total. The molecule has 0 heterocycles. The Balaban J connectivity index is 2.15. The van der Waals surface area contributed by atoms with Crippen molar-refractivity contribution in [2.75, 3.05) is 12.4 Å². The Morgan fingerprint density at radius 1 is 1.14 bits per heavy atom. The molecule has 1 N–H and O–H groups in total. The maximum atomic E-state index is 11.5. The van der Waals surface area contributed by atoms with Gasteiger partial charge < -0.3 is 10.1 Å². The summed E-state index contributed by atoms with van der Waals surface area (Å²) in [7, 11) is 1.36. The van der Waals surface area contributed by atoms with E-state index in [-0.39, 0.29) is 5.97 Å². The number of nitrogens with one attached hydrogen (secondary N) is 1. The monoisotopic (exact) mass is 303 g/mol. The average Bonchev–Trinajstić information content (AvgIpc) is 2.49. The number of carbonyl (C=O) groups is 1. The van der Waals surface area contributed by atoms with Crippen LogP contribution >= 0.6 is 11.6 Å². The number of ether oxygens (including phenoxy) is 1. The molecule has 0 aliphatic rings. The van der Waals surface area contributed by atoms with E-state index in [1.807, 2.05) is 0 Å². The Kier molecular flexibility index (Phi) is 4.86. The van der Waals surface area contributed by atoms with Crippen LogP contribution in [0.25, 0.3) is 0 Å². The van der Waals surface area contributed by atoms with Crippen LogP contribution in [0.4, 0.5) is 5.69 Å². The lowest BCUT2D eigenvalue weighted by Crippen LogP contribution is -2.04. The molecule has 0 amide bonds. The number of esters is 1. The van der Waals surface area contributed by atoms with Crippen LogP contribution in [-0.4, -0.2) is 13.1 Å². The molecule has 0 bridgehead atoms. The van der Waals surface area contributed by atoms with Crippen LogP contribution in [0.3, 0.4) is 0 Å². The minimum Gasteiger partial charge on any atom is -0.465 e. The number of hydrogen-bond donors (Lipinski definition) is 1. The molecule has 0 fully saturated rings. The van der Waals surface area contributed by atoms with Gasteiger partial charge >= 0.3 is 5.97 Å². The maximum absolute atomic E-state index is 11.5. The lowest BCUT2D eigenvalue weighted by Gasteiger charge is -2.11. The zero-order valence-electron chi connectivity index (χ0n) is 12.4. The number of hydrogen-bond acceptors (Lipinski definition) is 3. The van der Waals surface area contributed by atoms with Gasteiger partial charge in [0.2, 0.25) is 0 Å². The molecule has 0 radical (unpaired) electrons.